The zero-order valence-electron chi connectivity index (χ0n) is 13.0. The van der Waals surface area contributed by atoms with Crippen LogP contribution in [0, 0.1) is 0 Å². The average Bonchev–Trinajstić information content (AvgIpc) is 2.45. The normalized spacial score (nSPS) is 10.3. The van der Waals surface area contributed by atoms with Crippen LogP contribution in [0.1, 0.15) is 0 Å². The van der Waals surface area contributed by atoms with Crippen molar-refractivity contribution >= 4 is 17.5 Å². The number of rotatable bonds is 7. The summed E-state index contributed by atoms with van der Waals surface area (Å²) in [5.41, 5.74) is 0.828. The van der Waals surface area contributed by atoms with Crippen molar-refractivity contribution in [1.29, 1.82) is 0 Å². The molecule has 0 saturated carbocycles. The molecule has 1 aromatic rings. The van der Waals surface area contributed by atoms with Crippen LogP contribution in [-0.4, -0.2) is 62.4 Å². The Kier molecular flexibility index (Phi) is 6.62. The molecule has 0 heterocycles. The zero-order chi connectivity index (χ0) is 15.8. The zero-order valence-corrected chi connectivity index (χ0v) is 13.0. The minimum atomic E-state index is -0.0600. The van der Waals surface area contributed by atoms with E-state index in [4.69, 9.17) is 0 Å². The lowest BCUT2D eigenvalue weighted by atomic mass is 10.2. The number of amides is 2. The number of para-hydroxylation sites is 1. The summed E-state index contributed by atoms with van der Waals surface area (Å²) in [5, 5.41) is 0. The van der Waals surface area contributed by atoms with Gasteiger partial charge < -0.3 is 9.80 Å². The Morgan fingerprint density at radius 1 is 1.05 bits per heavy atom. The van der Waals surface area contributed by atoms with E-state index in [2.05, 4.69) is 6.58 Å². The Balaban J connectivity index is 2.70. The van der Waals surface area contributed by atoms with Crippen molar-refractivity contribution in [2.24, 2.45) is 0 Å². The SMILES string of the molecule is C=CCN(C(=O)CN(C)CC(=O)N(C)C)c1ccccc1. The second kappa shape index (κ2) is 8.21. The fourth-order valence-corrected chi connectivity index (χ4v) is 1.83. The van der Waals surface area contributed by atoms with Crippen LogP contribution in [-0.2, 0) is 9.59 Å². The first-order valence-electron chi connectivity index (χ1n) is 6.80. The van der Waals surface area contributed by atoms with Crippen LogP contribution in [0.3, 0.4) is 0 Å². The highest BCUT2D eigenvalue weighted by Crippen LogP contribution is 2.13. The summed E-state index contributed by atoms with van der Waals surface area (Å²) >= 11 is 0. The Hall–Kier alpha value is -2.14. The molecule has 0 fully saturated rings. The third kappa shape index (κ3) is 5.39. The number of anilines is 1. The van der Waals surface area contributed by atoms with E-state index in [9.17, 15) is 9.59 Å². The summed E-state index contributed by atoms with van der Waals surface area (Å²) < 4.78 is 0. The molecule has 1 rings (SSSR count). The van der Waals surface area contributed by atoms with Gasteiger partial charge in [-0.15, -0.1) is 6.58 Å². The maximum Gasteiger partial charge on any atom is 0.241 e. The topological polar surface area (TPSA) is 43.9 Å². The summed E-state index contributed by atoms with van der Waals surface area (Å²) in [6.07, 6.45) is 1.69. The third-order valence-electron chi connectivity index (χ3n) is 2.99. The smallest absolute Gasteiger partial charge is 0.241 e. The third-order valence-corrected chi connectivity index (χ3v) is 2.99. The van der Waals surface area contributed by atoms with Crippen molar-refractivity contribution in [2.75, 3.05) is 45.7 Å². The van der Waals surface area contributed by atoms with Crippen LogP contribution in [0.4, 0.5) is 5.69 Å². The van der Waals surface area contributed by atoms with Crippen LogP contribution < -0.4 is 4.90 Å². The van der Waals surface area contributed by atoms with Crippen molar-refractivity contribution in [3.8, 4) is 0 Å². The van der Waals surface area contributed by atoms with Gasteiger partial charge in [0.2, 0.25) is 11.8 Å². The van der Waals surface area contributed by atoms with Crippen LogP contribution in [0.25, 0.3) is 0 Å². The summed E-state index contributed by atoms with van der Waals surface area (Å²) in [6.45, 7) is 4.53. The summed E-state index contributed by atoms with van der Waals surface area (Å²) in [4.78, 5) is 28.9. The average molecular weight is 289 g/mol. The van der Waals surface area contributed by atoms with Crippen molar-refractivity contribution in [1.82, 2.24) is 9.80 Å². The van der Waals surface area contributed by atoms with Gasteiger partial charge in [-0.3, -0.25) is 14.5 Å². The lowest BCUT2D eigenvalue weighted by Crippen LogP contribution is -2.42. The Morgan fingerprint density at radius 2 is 1.62 bits per heavy atom. The Labute approximate surface area is 126 Å². The predicted octanol–water partition coefficient (Wildman–Crippen LogP) is 1.23. The lowest BCUT2D eigenvalue weighted by Gasteiger charge is -2.25. The number of hydrogen-bond donors (Lipinski definition) is 0. The summed E-state index contributed by atoms with van der Waals surface area (Å²) in [6, 6.07) is 9.44. The van der Waals surface area contributed by atoms with Gasteiger partial charge in [0, 0.05) is 26.3 Å². The fourth-order valence-electron chi connectivity index (χ4n) is 1.83. The van der Waals surface area contributed by atoms with Gasteiger partial charge >= 0.3 is 0 Å². The standard InChI is InChI=1S/C16H23N3O2/c1-5-11-19(14-9-7-6-8-10-14)16(21)13-18(4)12-15(20)17(2)3/h5-10H,1,11-13H2,2-4H3. The summed E-state index contributed by atoms with van der Waals surface area (Å²) in [7, 11) is 5.16. The monoisotopic (exact) mass is 289 g/mol. The molecule has 21 heavy (non-hydrogen) atoms. The summed E-state index contributed by atoms with van der Waals surface area (Å²) in [5.74, 6) is -0.0876. The molecule has 0 saturated heterocycles. The molecule has 5 heteroatoms. The maximum atomic E-state index is 12.4. The minimum absolute atomic E-state index is 0.0275. The van der Waals surface area contributed by atoms with Gasteiger partial charge in [0.05, 0.1) is 13.1 Å². The molecule has 1 aromatic carbocycles. The van der Waals surface area contributed by atoms with E-state index in [1.165, 1.54) is 4.90 Å². The molecule has 114 valence electrons. The number of carbonyl (C=O) groups is 2. The number of carbonyl (C=O) groups excluding carboxylic acids is 2. The molecule has 0 bridgehead atoms. The molecule has 0 radical (unpaired) electrons. The van der Waals surface area contributed by atoms with Crippen molar-refractivity contribution in [2.45, 2.75) is 0 Å². The molecule has 2 amide bonds. The number of likely N-dealkylation sites (N-methyl/N-ethyl adjacent to an activating group) is 2. The van der Waals surface area contributed by atoms with E-state index in [1.807, 2.05) is 30.3 Å². The van der Waals surface area contributed by atoms with Crippen molar-refractivity contribution in [3.05, 3.63) is 43.0 Å². The van der Waals surface area contributed by atoms with Crippen LogP contribution in [0.2, 0.25) is 0 Å². The van der Waals surface area contributed by atoms with E-state index in [0.717, 1.165) is 5.69 Å². The van der Waals surface area contributed by atoms with Gasteiger partial charge in [-0.1, -0.05) is 24.3 Å². The first-order valence-corrected chi connectivity index (χ1v) is 6.80. The molecular formula is C16H23N3O2. The lowest BCUT2D eigenvalue weighted by molar-refractivity contribution is -0.130. The Morgan fingerprint density at radius 3 is 2.14 bits per heavy atom. The predicted molar refractivity (Wildman–Crippen MR) is 85.2 cm³/mol. The van der Waals surface area contributed by atoms with E-state index in [1.54, 1.807) is 37.0 Å². The fraction of sp³-hybridized carbons (Fsp3) is 0.375. The largest absolute Gasteiger partial charge is 0.348 e. The molecule has 0 aromatic heterocycles. The molecule has 5 nitrogen and oxygen atoms in total. The number of hydrogen-bond acceptors (Lipinski definition) is 3. The highest BCUT2D eigenvalue weighted by atomic mass is 16.2. The number of nitrogens with zero attached hydrogens (tertiary/aromatic N) is 3. The van der Waals surface area contributed by atoms with Gasteiger partial charge in [-0.05, 0) is 19.2 Å². The van der Waals surface area contributed by atoms with Gasteiger partial charge in [0.1, 0.15) is 0 Å². The molecule has 0 aliphatic heterocycles. The molecular weight excluding hydrogens is 266 g/mol. The van der Waals surface area contributed by atoms with Crippen LogP contribution in [0.15, 0.2) is 43.0 Å². The number of benzene rings is 1. The van der Waals surface area contributed by atoms with E-state index < -0.39 is 0 Å². The highest BCUT2D eigenvalue weighted by molar-refractivity contribution is 5.95. The van der Waals surface area contributed by atoms with Gasteiger partial charge in [-0.2, -0.15) is 0 Å². The first-order chi connectivity index (χ1) is 9.95. The van der Waals surface area contributed by atoms with Gasteiger partial charge in [0.25, 0.3) is 0 Å². The quantitative estimate of drug-likeness (QED) is 0.709. The molecule has 0 aliphatic carbocycles. The van der Waals surface area contributed by atoms with E-state index >= 15 is 0 Å². The van der Waals surface area contributed by atoms with E-state index in [0.29, 0.717) is 6.54 Å². The van der Waals surface area contributed by atoms with E-state index in [-0.39, 0.29) is 24.9 Å². The maximum absolute atomic E-state index is 12.4. The van der Waals surface area contributed by atoms with Crippen molar-refractivity contribution < 1.29 is 9.59 Å². The van der Waals surface area contributed by atoms with Crippen LogP contribution in [0.5, 0.6) is 0 Å². The highest BCUT2D eigenvalue weighted by Gasteiger charge is 2.17. The molecule has 0 N–H and O–H groups in total. The molecule has 0 aliphatic rings. The van der Waals surface area contributed by atoms with Gasteiger partial charge in [0.15, 0.2) is 0 Å². The molecule has 0 spiro atoms. The van der Waals surface area contributed by atoms with Crippen LogP contribution >= 0.6 is 0 Å². The second-order valence-corrected chi connectivity index (χ2v) is 5.09. The van der Waals surface area contributed by atoms with Gasteiger partial charge in [-0.25, -0.2) is 0 Å². The molecule has 0 unspecified atom stereocenters. The van der Waals surface area contributed by atoms with Crippen molar-refractivity contribution in [3.63, 3.8) is 0 Å². The molecule has 0 atom stereocenters. The first kappa shape index (κ1) is 16.9. The second-order valence-electron chi connectivity index (χ2n) is 5.09. The Bertz CT molecular complexity index is 486. The minimum Gasteiger partial charge on any atom is -0.348 e.